The largest absolute Gasteiger partial charge is 0.497 e. The van der Waals surface area contributed by atoms with Gasteiger partial charge in [0.15, 0.2) is 0 Å². The average molecular weight is 362 g/mol. The summed E-state index contributed by atoms with van der Waals surface area (Å²) in [5.74, 6) is 1.53. The lowest BCUT2D eigenvalue weighted by Gasteiger charge is -2.09. The fraction of sp³-hybridized carbons (Fsp3) is 0.136. The molecule has 5 nitrogen and oxygen atoms in total. The van der Waals surface area contributed by atoms with Gasteiger partial charge in [0.05, 0.1) is 20.6 Å². The van der Waals surface area contributed by atoms with Crippen molar-refractivity contribution in [2.75, 3.05) is 24.9 Å². The third-order valence-corrected chi connectivity index (χ3v) is 4.07. The highest BCUT2D eigenvalue weighted by atomic mass is 16.5. The van der Waals surface area contributed by atoms with Crippen molar-refractivity contribution in [1.82, 2.24) is 0 Å². The van der Waals surface area contributed by atoms with Gasteiger partial charge in [0, 0.05) is 17.1 Å². The van der Waals surface area contributed by atoms with E-state index in [1.54, 1.807) is 14.2 Å². The van der Waals surface area contributed by atoms with Gasteiger partial charge in [0.25, 0.3) is 0 Å². The minimum absolute atomic E-state index is 0.0592. The van der Waals surface area contributed by atoms with E-state index in [9.17, 15) is 4.79 Å². The van der Waals surface area contributed by atoms with Crippen LogP contribution >= 0.6 is 0 Å². The predicted octanol–water partition coefficient (Wildman–Crippen LogP) is 4.63. The van der Waals surface area contributed by atoms with Crippen molar-refractivity contribution in [2.45, 2.75) is 6.42 Å². The Morgan fingerprint density at radius 1 is 0.704 bits per heavy atom. The lowest BCUT2D eigenvalue weighted by atomic mass is 10.1. The summed E-state index contributed by atoms with van der Waals surface area (Å²) in [4.78, 5) is 12.2. The van der Waals surface area contributed by atoms with Crippen LogP contribution < -0.4 is 20.1 Å². The first-order valence-corrected chi connectivity index (χ1v) is 8.60. The third kappa shape index (κ3) is 5.25. The van der Waals surface area contributed by atoms with Gasteiger partial charge in [-0.15, -0.1) is 0 Å². The van der Waals surface area contributed by atoms with Crippen molar-refractivity contribution in [3.05, 3.63) is 78.4 Å². The Kier molecular flexibility index (Phi) is 5.94. The zero-order valence-corrected chi connectivity index (χ0v) is 15.4. The van der Waals surface area contributed by atoms with Gasteiger partial charge in [0.1, 0.15) is 11.5 Å². The minimum atomic E-state index is -0.0592. The van der Waals surface area contributed by atoms with Crippen LogP contribution in [0.3, 0.4) is 0 Å². The van der Waals surface area contributed by atoms with E-state index in [2.05, 4.69) is 10.6 Å². The number of carbonyl (C=O) groups is 1. The van der Waals surface area contributed by atoms with Gasteiger partial charge in [-0.25, -0.2) is 0 Å². The van der Waals surface area contributed by atoms with Crippen LogP contribution in [0.5, 0.6) is 11.5 Å². The highest BCUT2D eigenvalue weighted by Crippen LogP contribution is 2.21. The molecule has 0 saturated carbocycles. The van der Waals surface area contributed by atoms with Crippen molar-refractivity contribution >= 4 is 23.0 Å². The molecule has 27 heavy (non-hydrogen) atoms. The number of methoxy groups -OCH3 is 2. The molecule has 138 valence electrons. The maximum atomic E-state index is 12.2. The molecule has 0 heterocycles. The Morgan fingerprint density at radius 3 is 1.67 bits per heavy atom. The van der Waals surface area contributed by atoms with Gasteiger partial charge >= 0.3 is 0 Å². The summed E-state index contributed by atoms with van der Waals surface area (Å²) in [5.41, 5.74) is 3.60. The van der Waals surface area contributed by atoms with E-state index in [0.717, 1.165) is 34.1 Å². The predicted molar refractivity (Wildman–Crippen MR) is 108 cm³/mol. The molecule has 3 aromatic carbocycles. The van der Waals surface area contributed by atoms with E-state index < -0.39 is 0 Å². The van der Waals surface area contributed by atoms with Crippen LogP contribution in [0, 0.1) is 0 Å². The van der Waals surface area contributed by atoms with Crippen molar-refractivity contribution in [2.24, 2.45) is 0 Å². The summed E-state index contributed by atoms with van der Waals surface area (Å²) >= 11 is 0. The number of hydrogen-bond acceptors (Lipinski definition) is 4. The summed E-state index contributed by atoms with van der Waals surface area (Å²) < 4.78 is 10.3. The molecule has 0 aliphatic heterocycles. The van der Waals surface area contributed by atoms with Gasteiger partial charge in [-0.3, -0.25) is 4.79 Å². The van der Waals surface area contributed by atoms with E-state index in [1.807, 2.05) is 72.8 Å². The van der Waals surface area contributed by atoms with Crippen LogP contribution in [0.25, 0.3) is 0 Å². The van der Waals surface area contributed by atoms with Gasteiger partial charge in [-0.05, 0) is 66.2 Å². The number of rotatable bonds is 7. The molecule has 0 atom stereocenters. The second-order valence-electron chi connectivity index (χ2n) is 6.00. The Balaban J connectivity index is 1.55. The summed E-state index contributed by atoms with van der Waals surface area (Å²) in [5, 5.41) is 6.22. The first-order chi connectivity index (χ1) is 13.2. The first-order valence-electron chi connectivity index (χ1n) is 8.60. The first kappa shape index (κ1) is 18.3. The Bertz CT molecular complexity index is 873. The van der Waals surface area contributed by atoms with Gasteiger partial charge in [0.2, 0.25) is 5.91 Å². The van der Waals surface area contributed by atoms with Crippen LogP contribution in [0.4, 0.5) is 17.1 Å². The van der Waals surface area contributed by atoms with E-state index in [-0.39, 0.29) is 5.91 Å². The molecule has 3 aromatic rings. The fourth-order valence-corrected chi connectivity index (χ4v) is 2.61. The van der Waals surface area contributed by atoms with E-state index in [1.165, 1.54) is 0 Å². The highest BCUT2D eigenvalue weighted by Gasteiger charge is 2.05. The Hall–Kier alpha value is -3.47. The van der Waals surface area contributed by atoms with E-state index in [0.29, 0.717) is 6.42 Å². The number of anilines is 3. The normalized spacial score (nSPS) is 10.1. The number of carbonyl (C=O) groups excluding carboxylic acids is 1. The lowest BCUT2D eigenvalue weighted by molar-refractivity contribution is -0.115. The van der Waals surface area contributed by atoms with Crippen LogP contribution in [0.1, 0.15) is 5.56 Å². The fourth-order valence-electron chi connectivity index (χ4n) is 2.61. The highest BCUT2D eigenvalue weighted by molar-refractivity contribution is 5.92. The molecular formula is C22H22N2O3. The maximum absolute atomic E-state index is 12.2. The van der Waals surface area contributed by atoms with Crippen LogP contribution in [0.15, 0.2) is 72.8 Å². The van der Waals surface area contributed by atoms with Crippen molar-refractivity contribution < 1.29 is 14.3 Å². The van der Waals surface area contributed by atoms with Gasteiger partial charge in [-0.2, -0.15) is 0 Å². The molecule has 3 rings (SSSR count). The molecule has 0 unspecified atom stereocenters. The summed E-state index contributed by atoms with van der Waals surface area (Å²) in [6.07, 6.45) is 0.315. The monoisotopic (exact) mass is 362 g/mol. The molecule has 1 amide bonds. The number of amides is 1. The molecule has 0 bridgehead atoms. The lowest BCUT2D eigenvalue weighted by Crippen LogP contribution is -2.14. The average Bonchev–Trinajstić information content (AvgIpc) is 2.70. The molecule has 0 radical (unpaired) electrons. The zero-order valence-electron chi connectivity index (χ0n) is 15.4. The van der Waals surface area contributed by atoms with Crippen molar-refractivity contribution in [3.63, 3.8) is 0 Å². The quantitative estimate of drug-likeness (QED) is 0.643. The molecule has 0 aliphatic carbocycles. The molecule has 0 aliphatic rings. The Labute approximate surface area is 158 Å². The molecule has 0 spiro atoms. The molecule has 0 saturated heterocycles. The SMILES string of the molecule is COc1ccc(CC(=O)Nc2ccc(Nc3ccc(OC)cc3)cc2)cc1. The minimum Gasteiger partial charge on any atom is -0.497 e. The van der Waals surface area contributed by atoms with E-state index >= 15 is 0 Å². The van der Waals surface area contributed by atoms with Gasteiger partial charge < -0.3 is 20.1 Å². The Morgan fingerprint density at radius 2 is 1.15 bits per heavy atom. The molecular weight excluding hydrogens is 340 g/mol. The second kappa shape index (κ2) is 8.76. The maximum Gasteiger partial charge on any atom is 0.228 e. The van der Waals surface area contributed by atoms with E-state index in [4.69, 9.17) is 9.47 Å². The summed E-state index contributed by atoms with van der Waals surface area (Å²) in [6, 6.07) is 22.8. The summed E-state index contributed by atoms with van der Waals surface area (Å²) in [6.45, 7) is 0. The topological polar surface area (TPSA) is 59.6 Å². The van der Waals surface area contributed by atoms with Crippen molar-refractivity contribution in [1.29, 1.82) is 0 Å². The number of hydrogen-bond donors (Lipinski definition) is 2. The number of ether oxygens (including phenoxy) is 2. The number of nitrogens with one attached hydrogen (secondary N) is 2. The summed E-state index contributed by atoms with van der Waals surface area (Å²) in [7, 11) is 3.26. The van der Waals surface area contributed by atoms with Crippen molar-refractivity contribution in [3.8, 4) is 11.5 Å². The number of benzene rings is 3. The van der Waals surface area contributed by atoms with Crippen LogP contribution in [-0.4, -0.2) is 20.1 Å². The standard InChI is InChI=1S/C22H22N2O3/c1-26-20-11-3-16(4-12-20)15-22(25)24-19-7-5-17(6-8-19)23-18-9-13-21(27-2)14-10-18/h3-14,23H,15H2,1-2H3,(H,24,25). The molecule has 2 N–H and O–H groups in total. The molecule has 0 fully saturated rings. The zero-order chi connectivity index (χ0) is 19.1. The third-order valence-electron chi connectivity index (χ3n) is 4.07. The second-order valence-corrected chi connectivity index (χ2v) is 6.00. The molecule has 5 heteroatoms. The molecule has 0 aromatic heterocycles. The van der Waals surface area contributed by atoms with Crippen LogP contribution in [-0.2, 0) is 11.2 Å². The van der Waals surface area contributed by atoms with Crippen LogP contribution in [0.2, 0.25) is 0 Å². The smallest absolute Gasteiger partial charge is 0.228 e. The van der Waals surface area contributed by atoms with Gasteiger partial charge in [-0.1, -0.05) is 12.1 Å².